The molecule has 0 aliphatic carbocycles. The molecule has 0 spiro atoms. The summed E-state index contributed by atoms with van der Waals surface area (Å²) in [5.74, 6) is 0.219. The molecule has 2 heterocycles. The zero-order chi connectivity index (χ0) is 22.9. The fourth-order valence-electron chi connectivity index (χ4n) is 3.36. The number of anilines is 1. The van der Waals surface area contributed by atoms with Gasteiger partial charge in [0.05, 0.1) is 10.5 Å². The van der Waals surface area contributed by atoms with Gasteiger partial charge in [-0.3, -0.25) is 14.9 Å². The number of furan rings is 1. The van der Waals surface area contributed by atoms with E-state index in [0.29, 0.717) is 33.3 Å². The maximum atomic E-state index is 12.6. The van der Waals surface area contributed by atoms with Crippen molar-refractivity contribution in [3.63, 3.8) is 0 Å². The van der Waals surface area contributed by atoms with Crippen molar-refractivity contribution in [3.8, 4) is 22.8 Å². The number of halogens is 1. The molecule has 1 amide bonds. The topological polar surface area (TPSA) is 111 Å². The Labute approximate surface area is 191 Å². The number of oxazole rings is 1. The largest absolute Gasteiger partial charge is 0.451 e. The van der Waals surface area contributed by atoms with Crippen molar-refractivity contribution in [1.82, 2.24) is 4.98 Å². The lowest BCUT2D eigenvalue weighted by Gasteiger charge is -2.04. The number of nitrogens with zero attached hydrogens (tertiary/aromatic N) is 2. The minimum atomic E-state index is -0.495. The van der Waals surface area contributed by atoms with Crippen LogP contribution in [0.3, 0.4) is 0 Å². The van der Waals surface area contributed by atoms with Crippen molar-refractivity contribution in [2.75, 3.05) is 5.32 Å². The van der Waals surface area contributed by atoms with Crippen LogP contribution in [0.25, 0.3) is 33.9 Å². The highest BCUT2D eigenvalue weighted by Gasteiger charge is 2.19. The second-order valence-corrected chi connectivity index (χ2v) is 7.54. The Morgan fingerprint density at radius 2 is 1.76 bits per heavy atom. The number of hydrogen-bond donors (Lipinski definition) is 1. The molecule has 3 aromatic carbocycles. The summed E-state index contributed by atoms with van der Waals surface area (Å²) < 4.78 is 11.3. The lowest BCUT2D eigenvalue weighted by Crippen LogP contribution is -2.10. The number of nitro groups is 1. The molecule has 0 fully saturated rings. The molecule has 8 nitrogen and oxygen atoms in total. The molecule has 2 aromatic heterocycles. The van der Waals surface area contributed by atoms with Crippen LogP contribution in [0.1, 0.15) is 10.6 Å². The maximum absolute atomic E-state index is 12.6. The minimum Gasteiger partial charge on any atom is -0.451 e. The molecule has 0 radical (unpaired) electrons. The summed E-state index contributed by atoms with van der Waals surface area (Å²) in [5.41, 5.74) is 2.74. The predicted molar refractivity (Wildman–Crippen MR) is 123 cm³/mol. The molecule has 5 rings (SSSR count). The van der Waals surface area contributed by atoms with Crippen molar-refractivity contribution in [1.29, 1.82) is 0 Å². The van der Waals surface area contributed by atoms with Crippen LogP contribution >= 0.6 is 11.6 Å². The van der Waals surface area contributed by atoms with Crippen LogP contribution in [0.15, 0.2) is 87.7 Å². The highest BCUT2D eigenvalue weighted by Crippen LogP contribution is 2.31. The van der Waals surface area contributed by atoms with Crippen LogP contribution < -0.4 is 5.32 Å². The van der Waals surface area contributed by atoms with E-state index in [0.717, 1.165) is 5.56 Å². The molecule has 0 bridgehead atoms. The van der Waals surface area contributed by atoms with E-state index in [2.05, 4.69) is 10.3 Å². The average molecular weight is 460 g/mol. The number of rotatable bonds is 5. The van der Waals surface area contributed by atoms with Crippen molar-refractivity contribution in [2.24, 2.45) is 0 Å². The predicted octanol–water partition coefficient (Wildman–Crippen LogP) is 6.57. The Bertz CT molecular complexity index is 1500. The van der Waals surface area contributed by atoms with Crippen LogP contribution in [0.4, 0.5) is 11.4 Å². The number of carbonyl (C=O) groups is 1. The smallest absolute Gasteiger partial charge is 0.291 e. The van der Waals surface area contributed by atoms with Crippen molar-refractivity contribution in [3.05, 3.63) is 99.8 Å². The van der Waals surface area contributed by atoms with E-state index in [1.165, 1.54) is 18.2 Å². The van der Waals surface area contributed by atoms with E-state index in [1.54, 1.807) is 60.7 Å². The second kappa shape index (κ2) is 8.25. The van der Waals surface area contributed by atoms with Crippen LogP contribution in [0.5, 0.6) is 0 Å². The Morgan fingerprint density at radius 3 is 2.55 bits per heavy atom. The van der Waals surface area contributed by atoms with Crippen LogP contribution in [0, 0.1) is 10.1 Å². The third-order valence-corrected chi connectivity index (χ3v) is 5.17. The minimum absolute atomic E-state index is 0.0306. The first kappa shape index (κ1) is 20.5. The quantitative estimate of drug-likeness (QED) is 0.235. The van der Waals surface area contributed by atoms with Crippen LogP contribution in [-0.2, 0) is 0 Å². The van der Waals surface area contributed by atoms with Crippen molar-refractivity contribution >= 4 is 40.0 Å². The van der Waals surface area contributed by atoms with Gasteiger partial charge in [0.1, 0.15) is 11.3 Å². The van der Waals surface area contributed by atoms with E-state index in [4.69, 9.17) is 20.4 Å². The molecule has 0 aliphatic heterocycles. The monoisotopic (exact) mass is 459 g/mol. The van der Waals surface area contributed by atoms with Crippen LogP contribution in [-0.4, -0.2) is 15.8 Å². The zero-order valence-corrected chi connectivity index (χ0v) is 17.6. The number of amides is 1. The van der Waals surface area contributed by atoms with Gasteiger partial charge < -0.3 is 14.2 Å². The Kier molecular flexibility index (Phi) is 5.12. The number of hydrogen-bond acceptors (Lipinski definition) is 6. The van der Waals surface area contributed by atoms with Gasteiger partial charge in [0.15, 0.2) is 11.3 Å². The van der Waals surface area contributed by atoms with E-state index in [1.807, 2.05) is 0 Å². The molecule has 5 aromatic rings. The normalized spacial score (nSPS) is 10.9. The Balaban J connectivity index is 1.33. The summed E-state index contributed by atoms with van der Waals surface area (Å²) in [6.45, 7) is 0. The SMILES string of the molecule is O=C(Nc1ccc(-c2nc3cc(Cl)ccc3o2)cc1)c1ccc(-c2ccccc2[N+](=O)[O-])o1. The maximum Gasteiger partial charge on any atom is 0.291 e. The number of fused-ring (bicyclic) bond motifs is 1. The number of benzene rings is 3. The summed E-state index contributed by atoms with van der Waals surface area (Å²) in [6, 6.07) is 21.3. The molecule has 1 N–H and O–H groups in total. The van der Waals surface area contributed by atoms with Gasteiger partial charge in [0.25, 0.3) is 11.6 Å². The van der Waals surface area contributed by atoms with Crippen molar-refractivity contribution < 1.29 is 18.6 Å². The standard InChI is InChI=1S/C24H14ClN3O5/c25-15-7-10-21-18(13-15)27-24(33-21)14-5-8-16(9-6-14)26-23(29)22-12-11-20(32-22)17-3-1-2-4-19(17)28(30)31/h1-13H,(H,26,29). The van der Waals surface area contributed by atoms with Gasteiger partial charge in [-0.05, 0) is 60.7 Å². The first-order chi connectivity index (χ1) is 16.0. The van der Waals surface area contributed by atoms with Gasteiger partial charge in [-0.15, -0.1) is 0 Å². The summed E-state index contributed by atoms with van der Waals surface area (Å²) >= 11 is 5.99. The van der Waals surface area contributed by atoms with Gasteiger partial charge in [-0.25, -0.2) is 4.98 Å². The number of aromatic nitrogens is 1. The van der Waals surface area contributed by atoms with E-state index >= 15 is 0 Å². The summed E-state index contributed by atoms with van der Waals surface area (Å²) in [7, 11) is 0. The van der Waals surface area contributed by atoms with Gasteiger partial charge in [0, 0.05) is 22.3 Å². The molecular weight excluding hydrogens is 446 g/mol. The van der Waals surface area contributed by atoms with Gasteiger partial charge in [-0.1, -0.05) is 23.7 Å². The van der Waals surface area contributed by atoms with Crippen LogP contribution in [0.2, 0.25) is 5.02 Å². The Morgan fingerprint density at radius 1 is 0.970 bits per heavy atom. The molecule has 33 heavy (non-hydrogen) atoms. The molecule has 162 valence electrons. The zero-order valence-electron chi connectivity index (χ0n) is 16.8. The molecular formula is C24H14ClN3O5. The lowest BCUT2D eigenvalue weighted by molar-refractivity contribution is -0.384. The third kappa shape index (κ3) is 4.07. The second-order valence-electron chi connectivity index (χ2n) is 7.10. The van der Waals surface area contributed by atoms with Gasteiger partial charge in [0.2, 0.25) is 5.89 Å². The molecule has 0 aliphatic rings. The fraction of sp³-hybridized carbons (Fsp3) is 0. The highest BCUT2D eigenvalue weighted by atomic mass is 35.5. The van der Waals surface area contributed by atoms with E-state index < -0.39 is 10.8 Å². The van der Waals surface area contributed by atoms with Gasteiger partial charge in [-0.2, -0.15) is 0 Å². The summed E-state index contributed by atoms with van der Waals surface area (Å²) in [6.07, 6.45) is 0. The molecule has 0 unspecified atom stereocenters. The lowest BCUT2D eigenvalue weighted by atomic mass is 10.1. The summed E-state index contributed by atoms with van der Waals surface area (Å²) in [5, 5.41) is 14.6. The summed E-state index contributed by atoms with van der Waals surface area (Å²) in [4.78, 5) is 27.8. The number of nitro benzene ring substituents is 1. The first-order valence-electron chi connectivity index (χ1n) is 9.79. The third-order valence-electron chi connectivity index (χ3n) is 4.94. The highest BCUT2D eigenvalue weighted by molar-refractivity contribution is 6.31. The number of carbonyl (C=O) groups excluding carboxylic acids is 1. The van der Waals surface area contributed by atoms with Gasteiger partial charge >= 0.3 is 0 Å². The molecule has 9 heteroatoms. The molecule has 0 saturated heterocycles. The molecule has 0 saturated carbocycles. The first-order valence-corrected chi connectivity index (χ1v) is 10.2. The number of nitrogens with one attached hydrogen (secondary N) is 1. The van der Waals surface area contributed by atoms with E-state index in [9.17, 15) is 14.9 Å². The van der Waals surface area contributed by atoms with E-state index in [-0.39, 0.29) is 17.2 Å². The number of para-hydroxylation sites is 1. The van der Waals surface area contributed by atoms with Crippen molar-refractivity contribution in [2.45, 2.75) is 0 Å². The molecule has 0 atom stereocenters. The fourth-order valence-corrected chi connectivity index (χ4v) is 3.53. The average Bonchev–Trinajstić information content (AvgIpc) is 3.47. The Hall–Kier alpha value is -4.43.